The number of nitrogens with two attached hydrogens (primary N) is 2. The van der Waals surface area contributed by atoms with Crippen LogP contribution in [0.1, 0.15) is 36.4 Å². The normalized spacial score (nSPS) is 12.9. The molecule has 0 aromatic heterocycles. The molecule has 0 unspecified atom stereocenters. The first-order valence-corrected chi connectivity index (χ1v) is 5.68. The van der Waals surface area contributed by atoms with E-state index in [4.69, 9.17) is 11.5 Å². The average Bonchev–Trinajstić information content (AvgIpc) is 2.27. The lowest BCUT2D eigenvalue weighted by Gasteiger charge is -2.18. The van der Waals surface area contributed by atoms with Crippen molar-refractivity contribution >= 4 is 12.4 Å². The van der Waals surface area contributed by atoms with E-state index in [-0.39, 0.29) is 18.0 Å². The fraction of sp³-hybridized carbons (Fsp3) is 0.500. The fourth-order valence-electron chi connectivity index (χ4n) is 1.76. The highest BCUT2D eigenvalue weighted by Crippen LogP contribution is 2.35. The molecule has 0 heterocycles. The number of unbranched alkanes of at least 4 members (excludes halogenated alkanes) is 1. The monoisotopic (exact) mass is 300 g/mol. The van der Waals surface area contributed by atoms with Gasteiger partial charge < -0.3 is 11.5 Å². The first-order chi connectivity index (χ1) is 8.36. The molecule has 110 valence electrons. The topological polar surface area (TPSA) is 52.0 Å². The van der Waals surface area contributed by atoms with Gasteiger partial charge in [-0.2, -0.15) is 13.2 Å². The van der Waals surface area contributed by atoms with Crippen LogP contribution in [0.25, 0.3) is 0 Å². The molecule has 0 bridgehead atoms. The Kier molecular flexibility index (Phi) is 7.33. The number of halogens is 5. The van der Waals surface area contributed by atoms with Gasteiger partial charge in [-0.1, -0.05) is 6.42 Å². The molecule has 7 heteroatoms. The summed E-state index contributed by atoms with van der Waals surface area (Å²) in [5, 5.41) is 0. The maximum atomic E-state index is 13.0. The molecule has 0 amide bonds. The van der Waals surface area contributed by atoms with Crippen LogP contribution in [0.2, 0.25) is 0 Å². The maximum absolute atomic E-state index is 13.0. The van der Waals surface area contributed by atoms with E-state index in [2.05, 4.69) is 0 Å². The van der Waals surface area contributed by atoms with Gasteiger partial charge in [-0.3, -0.25) is 0 Å². The summed E-state index contributed by atoms with van der Waals surface area (Å²) in [6, 6.07) is 1.55. The number of rotatable bonds is 5. The molecule has 0 aliphatic heterocycles. The third-order valence-electron chi connectivity index (χ3n) is 2.69. The van der Waals surface area contributed by atoms with Crippen molar-refractivity contribution in [2.45, 2.75) is 31.5 Å². The first kappa shape index (κ1) is 18.1. The van der Waals surface area contributed by atoms with Crippen LogP contribution in [0.5, 0.6) is 0 Å². The number of hydrogen-bond donors (Lipinski definition) is 2. The van der Waals surface area contributed by atoms with Crippen molar-refractivity contribution in [2.24, 2.45) is 11.5 Å². The Balaban J connectivity index is 0.00000324. The zero-order chi connectivity index (χ0) is 13.8. The summed E-state index contributed by atoms with van der Waals surface area (Å²) in [5.74, 6) is -0.715. The molecule has 4 N–H and O–H groups in total. The molecular weight excluding hydrogens is 284 g/mol. The van der Waals surface area contributed by atoms with E-state index in [1.165, 1.54) is 0 Å². The van der Waals surface area contributed by atoms with E-state index in [0.29, 0.717) is 25.8 Å². The highest BCUT2D eigenvalue weighted by atomic mass is 35.5. The van der Waals surface area contributed by atoms with Gasteiger partial charge in [0.05, 0.1) is 5.56 Å². The van der Waals surface area contributed by atoms with Crippen LogP contribution in [0.15, 0.2) is 18.2 Å². The Morgan fingerprint density at radius 1 is 1.16 bits per heavy atom. The predicted octanol–water partition coefficient (Wildman–Crippen LogP) is 3.40. The second-order valence-electron chi connectivity index (χ2n) is 4.12. The third kappa shape index (κ3) is 5.34. The van der Waals surface area contributed by atoms with Crippen molar-refractivity contribution in [3.63, 3.8) is 0 Å². The molecule has 0 aliphatic carbocycles. The van der Waals surface area contributed by atoms with Gasteiger partial charge in [-0.05, 0) is 43.1 Å². The predicted molar refractivity (Wildman–Crippen MR) is 68.5 cm³/mol. The van der Waals surface area contributed by atoms with Crippen molar-refractivity contribution in [3.8, 4) is 0 Å². The molecule has 1 rings (SSSR count). The zero-order valence-corrected chi connectivity index (χ0v) is 11.0. The minimum Gasteiger partial charge on any atom is -0.330 e. The van der Waals surface area contributed by atoms with E-state index in [1.54, 1.807) is 0 Å². The SMILES string of the molecule is Cl.NCCCC[C@H](N)c1cc(F)ccc1C(F)(F)F. The Labute approximate surface area is 115 Å². The van der Waals surface area contributed by atoms with Crippen LogP contribution in [0.4, 0.5) is 17.6 Å². The molecule has 1 aromatic rings. The van der Waals surface area contributed by atoms with Crippen LogP contribution in [-0.2, 0) is 6.18 Å². The fourth-order valence-corrected chi connectivity index (χ4v) is 1.76. The molecule has 1 atom stereocenters. The second-order valence-corrected chi connectivity index (χ2v) is 4.12. The lowest BCUT2D eigenvalue weighted by Crippen LogP contribution is -2.18. The number of hydrogen-bond acceptors (Lipinski definition) is 2. The van der Waals surface area contributed by atoms with Crippen molar-refractivity contribution in [1.29, 1.82) is 0 Å². The molecule has 1 aromatic carbocycles. The molecule has 19 heavy (non-hydrogen) atoms. The van der Waals surface area contributed by atoms with E-state index in [0.717, 1.165) is 18.2 Å². The van der Waals surface area contributed by atoms with Crippen LogP contribution >= 0.6 is 12.4 Å². The number of alkyl halides is 3. The zero-order valence-electron chi connectivity index (χ0n) is 10.2. The Morgan fingerprint density at radius 2 is 1.79 bits per heavy atom. The summed E-state index contributed by atoms with van der Waals surface area (Å²) in [6.45, 7) is 0.460. The molecule has 0 radical (unpaired) electrons. The molecule has 0 saturated heterocycles. The Bertz CT molecular complexity index is 396. The van der Waals surface area contributed by atoms with E-state index in [9.17, 15) is 17.6 Å². The molecular formula is C12H17ClF4N2. The molecule has 2 nitrogen and oxygen atoms in total. The maximum Gasteiger partial charge on any atom is 0.416 e. The van der Waals surface area contributed by atoms with Crippen molar-refractivity contribution in [3.05, 3.63) is 35.1 Å². The smallest absolute Gasteiger partial charge is 0.330 e. The molecule has 0 spiro atoms. The van der Waals surface area contributed by atoms with Crippen molar-refractivity contribution in [2.75, 3.05) is 6.54 Å². The van der Waals surface area contributed by atoms with Gasteiger partial charge in [0.1, 0.15) is 5.82 Å². The minimum absolute atomic E-state index is 0. The summed E-state index contributed by atoms with van der Waals surface area (Å²) in [4.78, 5) is 0. The largest absolute Gasteiger partial charge is 0.416 e. The highest BCUT2D eigenvalue weighted by Gasteiger charge is 2.34. The van der Waals surface area contributed by atoms with E-state index in [1.807, 2.05) is 0 Å². The van der Waals surface area contributed by atoms with Crippen molar-refractivity contribution in [1.82, 2.24) is 0 Å². The summed E-state index contributed by atoms with van der Waals surface area (Å²) < 4.78 is 51.2. The third-order valence-corrected chi connectivity index (χ3v) is 2.69. The molecule has 0 fully saturated rings. The minimum atomic E-state index is -4.52. The lowest BCUT2D eigenvalue weighted by molar-refractivity contribution is -0.138. The van der Waals surface area contributed by atoms with Crippen LogP contribution in [0.3, 0.4) is 0 Å². The summed E-state index contributed by atoms with van der Waals surface area (Å²) in [6.07, 6.45) is -2.87. The quantitative estimate of drug-likeness (QED) is 0.647. The van der Waals surface area contributed by atoms with Gasteiger partial charge in [0.15, 0.2) is 0 Å². The highest BCUT2D eigenvalue weighted by molar-refractivity contribution is 5.85. The van der Waals surface area contributed by atoms with Crippen LogP contribution in [-0.4, -0.2) is 6.54 Å². The summed E-state index contributed by atoms with van der Waals surface area (Å²) in [5.41, 5.74) is 9.92. The Hall–Kier alpha value is -0.850. The van der Waals surface area contributed by atoms with Crippen LogP contribution < -0.4 is 11.5 Å². The van der Waals surface area contributed by atoms with E-state index >= 15 is 0 Å². The molecule has 0 aliphatic rings. The standard InChI is InChI=1S/C12H16F4N2.ClH/c13-8-4-5-10(12(14,15)16)9(7-8)11(18)3-1-2-6-17;/h4-5,7,11H,1-3,6,17-18H2;1H/t11-;/m0./s1. The second kappa shape index (κ2) is 7.67. The number of benzene rings is 1. The van der Waals surface area contributed by atoms with Gasteiger partial charge in [-0.15, -0.1) is 12.4 Å². The lowest BCUT2D eigenvalue weighted by atomic mass is 9.96. The van der Waals surface area contributed by atoms with Crippen LogP contribution in [0, 0.1) is 5.82 Å². The Morgan fingerprint density at radius 3 is 2.32 bits per heavy atom. The van der Waals surface area contributed by atoms with Crippen molar-refractivity contribution < 1.29 is 17.6 Å². The molecule has 0 saturated carbocycles. The van der Waals surface area contributed by atoms with Gasteiger partial charge in [-0.25, -0.2) is 4.39 Å². The average molecular weight is 301 g/mol. The van der Waals surface area contributed by atoms with Gasteiger partial charge in [0.25, 0.3) is 0 Å². The first-order valence-electron chi connectivity index (χ1n) is 5.68. The van der Waals surface area contributed by atoms with Gasteiger partial charge in [0.2, 0.25) is 0 Å². The van der Waals surface area contributed by atoms with Gasteiger partial charge in [0, 0.05) is 6.04 Å². The summed E-state index contributed by atoms with van der Waals surface area (Å²) >= 11 is 0. The van der Waals surface area contributed by atoms with E-state index < -0.39 is 23.6 Å². The summed E-state index contributed by atoms with van der Waals surface area (Å²) in [7, 11) is 0. The van der Waals surface area contributed by atoms with Gasteiger partial charge >= 0.3 is 6.18 Å².